The van der Waals surface area contributed by atoms with Crippen LogP contribution < -0.4 is 21.7 Å². The lowest BCUT2D eigenvalue weighted by atomic mass is 10.0. The Balaban J connectivity index is 3.00. The predicted molar refractivity (Wildman–Crippen MR) is 123 cm³/mol. The van der Waals surface area contributed by atoms with Crippen LogP contribution in [0.15, 0.2) is 24.3 Å². The van der Waals surface area contributed by atoms with Gasteiger partial charge in [-0.15, -0.1) is 0 Å². The van der Waals surface area contributed by atoms with Gasteiger partial charge in [-0.05, 0) is 17.7 Å². The maximum Gasteiger partial charge on any atom is 0.327 e. The molecule has 0 spiro atoms. The maximum atomic E-state index is 12.7. The van der Waals surface area contributed by atoms with Crippen LogP contribution in [0.3, 0.4) is 0 Å². The molecule has 12 nitrogen and oxygen atoms in total. The summed E-state index contributed by atoms with van der Waals surface area (Å²) in [4.78, 5) is 59.5. The summed E-state index contributed by atoms with van der Waals surface area (Å²) in [6.07, 6.45) is -0.721. The number of carbonyl (C=O) groups excluding carboxylic acids is 3. The maximum absolute atomic E-state index is 12.7. The highest BCUT2D eigenvalue weighted by Crippen LogP contribution is 2.12. The van der Waals surface area contributed by atoms with Crippen LogP contribution in [-0.4, -0.2) is 80.7 Å². The summed E-state index contributed by atoms with van der Waals surface area (Å²) in [5, 5.41) is 34.3. The molecule has 0 aliphatic carbocycles. The summed E-state index contributed by atoms with van der Waals surface area (Å²) in [5.74, 6) is -5.56. The number of hydrogen-bond acceptors (Lipinski definition) is 9. The molecule has 0 aliphatic heterocycles. The van der Waals surface area contributed by atoms with Gasteiger partial charge in [-0.25, -0.2) is 4.79 Å². The van der Waals surface area contributed by atoms with Gasteiger partial charge < -0.3 is 37.0 Å². The number of benzene rings is 1. The van der Waals surface area contributed by atoms with Gasteiger partial charge in [-0.1, -0.05) is 12.1 Å². The van der Waals surface area contributed by atoms with Crippen LogP contribution in [0, 0.1) is 0 Å². The highest BCUT2D eigenvalue weighted by molar-refractivity contribution is 7.80. The number of thiol groups is 2. The molecule has 3 amide bonds. The number of phenols is 1. The van der Waals surface area contributed by atoms with Gasteiger partial charge in [-0.2, -0.15) is 25.3 Å². The summed E-state index contributed by atoms with van der Waals surface area (Å²) >= 11 is 7.89. The van der Waals surface area contributed by atoms with E-state index < -0.39 is 60.2 Å². The quantitative estimate of drug-likeness (QED) is 0.138. The molecule has 1 aromatic carbocycles. The van der Waals surface area contributed by atoms with Crippen molar-refractivity contribution >= 4 is 54.9 Å². The minimum absolute atomic E-state index is 0.0136. The number of amides is 3. The largest absolute Gasteiger partial charge is 0.508 e. The average Bonchev–Trinajstić information content (AvgIpc) is 2.75. The molecule has 8 N–H and O–H groups in total. The highest BCUT2D eigenvalue weighted by Gasteiger charge is 2.30. The zero-order chi connectivity index (χ0) is 25.1. The fourth-order valence-electron chi connectivity index (χ4n) is 2.56. The Morgan fingerprint density at radius 3 is 1.79 bits per heavy atom. The number of rotatable bonds is 13. The van der Waals surface area contributed by atoms with E-state index in [1.807, 2.05) is 0 Å². The zero-order valence-corrected chi connectivity index (χ0v) is 19.1. The molecule has 0 aromatic heterocycles. The number of nitrogens with two attached hydrogens (primary N) is 1. The second-order valence-corrected chi connectivity index (χ2v) is 7.69. The van der Waals surface area contributed by atoms with E-state index in [1.165, 1.54) is 24.3 Å². The lowest BCUT2D eigenvalue weighted by Gasteiger charge is -2.24. The Hall–Kier alpha value is -2.97. The van der Waals surface area contributed by atoms with E-state index in [2.05, 4.69) is 41.2 Å². The van der Waals surface area contributed by atoms with E-state index in [0.717, 1.165) is 0 Å². The molecule has 1 rings (SSSR count). The van der Waals surface area contributed by atoms with Gasteiger partial charge in [0.1, 0.15) is 23.9 Å². The van der Waals surface area contributed by atoms with Crippen LogP contribution in [-0.2, 0) is 30.4 Å². The van der Waals surface area contributed by atoms with Gasteiger partial charge in [0.15, 0.2) is 0 Å². The van der Waals surface area contributed by atoms with Crippen LogP contribution in [0.2, 0.25) is 0 Å². The van der Waals surface area contributed by atoms with E-state index >= 15 is 0 Å². The highest BCUT2D eigenvalue weighted by atomic mass is 32.1. The van der Waals surface area contributed by atoms with Crippen LogP contribution in [0.4, 0.5) is 0 Å². The second-order valence-electron chi connectivity index (χ2n) is 6.96. The van der Waals surface area contributed by atoms with Gasteiger partial charge in [0.05, 0.1) is 12.5 Å². The molecule has 0 fully saturated rings. The Kier molecular flexibility index (Phi) is 11.5. The number of hydrogen-bond donors (Lipinski definition) is 9. The third-order valence-corrected chi connectivity index (χ3v) is 5.08. The summed E-state index contributed by atoms with van der Waals surface area (Å²) in [5.41, 5.74) is 6.03. The number of carboxylic acid groups (broad SMARTS) is 2. The van der Waals surface area contributed by atoms with Crippen LogP contribution in [0.5, 0.6) is 5.75 Å². The summed E-state index contributed by atoms with van der Waals surface area (Å²) in [6.45, 7) is 0. The molecule has 0 radical (unpaired) electrons. The van der Waals surface area contributed by atoms with Crippen molar-refractivity contribution in [3.8, 4) is 5.75 Å². The predicted octanol–water partition coefficient (Wildman–Crippen LogP) is -1.86. The topological polar surface area (TPSA) is 208 Å². The van der Waals surface area contributed by atoms with Gasteiger partial charge in [0.25, 0.3) is 0 Å². The van der Waals surface area contributed by atoms with E-state index in [1.54, 1.807) is 0 Å². The van der Waals surface area contributed by atoms with E-state index in [-0.39, 0.29) is 23.7 Å². The van der Waals surface area contributed by atoms with Crippen LogP contribution in [0.1, 0.15) is 12.0 Å². The van der Waals surface area contributed by atoms with Crippen LogP contribution in [0.25, 0.3) is 0 Å². The Labute approximate surface area is 200 Å². The molecule has 0 saturated heterocycles. The van der Waals surface area contributed by atoms with Crippen molar-refractivity contribution in [2.45, 2.75) is 37.0 Å². The Morgan fingerprint density at radius 2 is 1.30 bits per heavy atom. The van der Waals surface area contributed by atoms with Gasteiger partial charge in [-0.3, -0.25) is 19.2 Å². The summed E-state index contributed by atoms with van der Waals surface area (Å²) < 4.78 is 0. The Bertz CT molecular complexity index is 868. The third kappa shape index (κ3) is 9.59. The smallest absolute Gasteiger partial charge is 0.327 e. The molecule has 0 heterocycles. The first-order valence-electron chi connectivity index (χ1n) is 9.59. The Morgan fingerprint density at radius 1 is 0.818 bits per heavy atom. The number of carbonyl (C=O) groups is 5. The second kappa shape index (κ2) is 13.5. The minimum Gasteiger partial charge on any atom is -0.508 e. The van der Waals surface area contributed by atoms with Gasteiger partial charge in [0, 0.05) is 17.9 Å². The van der Waals surface area contributed by atoms with E-state index in [4.69, 9.17) is 15.9 Å². The third-order valence-electron chi connectivity index (χ3n) is 4.35. The van der Waals surface area contributed by atoms with Crippen molar-refractivity contribution in [2.24, 2.45) is 5.73 Å². The molecule has 4 atom stereocenters. The van der Waals surface area contributed by atoms with Crippen molar-refractivity contribution in [3.63, 3.8) is 0 Å². The number of aliphatic carboxylic acids is 2. The molecule has 182 valence electrons. The zero-order valence-electron chi connectivity index (χ0n) is 17.3. The first-order chi connectivity index (χ1) is 15.5. The van der Waals surface area contributed by atoms with E-state index in [9.17, 15) is 29.1 Å². The first-order valence-corrected chi connectivity index (χ1v) is 10.9. The molecule has 4 unspecified atom stereocenters. The normalized spacial score (nSPS) is 14.3. The molecule has 14 heteroatoms. The number of phenolic OH excluding ortho intramolecular Hbond substituents is 1. The summed E-state index contributed by atoms with van der Waals surface area (Å²) in [7, 11) is 0. The van der Waals surface area contributed by atoms with Crippen molar-refractivity contribution in [1.82, 2.24) is 16.0 Å². The fraction of sp³-hybridized carbons (Fsp3) is 0.421. The van der Waals surface area contributed by atoms with Gasteiger partial charge in [0.2, 0.25) is 17.7 Å². The van der Waals surface area contributed by atoms with E-state index in [0.29, 0.717) is 5.56 Å². The molecule has 0 aliphatic rings. The van der Waals surface area contributed by atoms with Crippen molar-refractivity contribution < 1.29 is 39.3 Å². The first kappa shape index (κ1) is 28.1. The lowest BCUT2D eigenvalue weighted by Crippen LogP contribution is -2.58. The molecule has 0 bridgehead atoms. The molecular weight excluding hydrogens is 476 g/mol. The molecule has 0 saturated carbocycles. The standard InChI is InChI=1S/C19H26N4O8S2/c20-11(6-15(25)26)16(27)22-13(7-32)18(29)21-12(5-9-1-3-10(24)4-2-9)17(28)23-14(8-33)19(30)31/h1-4,11-14,24,32-33H,5-8,20H2,(H,21,29)(H,22,27)(H,23,28)(H,25,26)(H,30,31). The average molecular weight is 503 g/mol. The minimum atomic E-state index is -1.40. The van der Waals surface area contributed by atoms with Crippen LogP contribution >= 0.6 is 25.3 Å². The SMILES string of the molecule is NC(CC(=O)O)C(=O)NC(CS)C(=O)NC(Cc1ccc(O)cc1)C(=O)NC(CS)C(=O)O. The number of carboxylic acids is 2. The molecular formula is C19H26N4O8S2. The number of nitrogens with one attached hydrogen (secondary N) is 3. The fourth-order valence-corrected chi connectivity index (χ4v) is 3.07. The summed E-state index contributed by atoms with van der Waals surface area (Å²) in [6, 6.07) is 0.554. The van der Waals surface area contributed by atoms with Crippen molar-refractivity contribution in [2.75, 3.05) is 11.5 Å². The molecule has 33 heavy (non-hydrogen) atoms. The monoisotopic (exact) mass is 502 g/mol. The lowest BCUT2D eigenvalue weighted by molar-refractivity contribution is -0.141. The number of aromatic hydroxyl groups is 1. The van der Waals surface area contributed by atoms with Crippen molar-refractivity contribution in [3.05, 3.63) is 29.8 Å². The van der Waals surface area contributed by atoms with Crippen molar-refractivity contribution in [1.29, 1.82) is 0 Å². The molecule has 1 aromatic rings. The van der Waals surface area contributed by atoms with Gasteiger partial charge >= 0.3 is 11.9 Å².